The number of ether oxygens (including phenoxy) is 2. The Hall–Kier alpha value is -3.26. The summed E-state index contributed by atoms with van der Waals surface area (Å²) in [6.07, 6.45) is 0.172. The zero-order chi connectivity index (χ0) is 21.3. The van der Waals surface area contributed by atoms with E-state index in [1.807, 2.05) is 0 Å². The number of carbonyl (C=O) groups excluding carboxylic acids is 3. The number of methoxy groups -OCH3 is 1. The molecule has 0 aromatic heterocycles. The molecule has 2 aromatic rings. The van der Waals surface area contributed by atoms with Crippen LogP contribution in [0, 0.1) is 5.82 Å². The Morgan fingerprint density at radius 1 is 1.13 bits per heavy atom. The molecular weight excluding hydrogens is 391 g/mol. The lowest BCUT2D eigenvalue weighted by Gasteiger charge is -2.48. The number of halogens is 1. The number of fused-ring (bicyclic) bond motifs is 3. The molecule has 0 saturated carbocycles. The molecule has 156 valence electrons. The summed E-state index contributed by atoms with van der Waals surface area (Å²) in [4.78, 5) is 42.2. The van der Waals surface area contributed by atoms with Gasteiger partial charge in [-0.3, -0.25) is 14.5 Å². The van der Waals surface area contributed by atoms with Gasteiger partial charge in [-0.25, -0.2) is 9.18 Å². The van der Waals surface area contributed by atoms with Crippen molar-refractivity contribution in [3.63, 3.8) is 0 Å². The topological polar surface area (TPSA) is 76.2 Å². The predicted molar refractivity (Wildman–Crippen MR) is 105 cm³/mol. The van der Waals surface area contributed by atoms with E-state index >= 15 is 0 Å². The lowest BCUT2D eigenvalue weighted by molar-refractivity contribution is -0.159. The highest BCUT2D eigenvalue weighted by Gasteiger charge is 2.61. The highest BCUT2D eigenvalue weighted by atomic mass is 19.1. The number of anilines is 1. The van der Waals surface area contributed by atoms with Crippen molar-refractivity contribution in [2.24, 2.45) is 0 Å². The van der Waals surface area contributed by atoms with Crippen LogP contribution in [0.4, 0.5) is 10.1 Å². The summed E-state index contributed by atoms with van der Waals surface area (Å²) in [5, 5.41) is 0. The van der Waals surface area contributed by atoms with Crippen molar-refractivity contribution in [2.75, 3.05) is 25.2 Å². The first kappa shape index (κ1) is 20.0. The quantitative estimate of drug-likeness (QED) is 0.682. The number of hydrogen-bond donors (Lipinski definition) is 0. The van der Waals surface area contributed by atoms with Gasteiger partial charge in [0.1, 0.15) is 12.4 Å². The zero-order valence-electron chi connectivity index (χ0n) is 16.5. The Morgan fingerprint density at radius 2 is 1.87 bits per heavy atom. The summed E-state index contributed by atoms with van der Waals surface area (Å²) in [7, 11) is 1.49. The van der Waals surface area contributed by atoms with E-state index in [4.69, 9.17) is 9.47 Å². The largest absolute Gasteiger partial charge is 0.458 e. The normalized spacial score (nSPS) is 20.2. The van der Waals surface area contributed by atoms with Crippen LogP contribution in [-0.4, -0.2) is 48.6 Å². The lowest BCUT2D eigenvalue weighted by Crippen LogP contribution is -2.68. The van der Waals surface area contributed by atoms with Gasteiger partial charge in [-0.15, -0.1) is 0 Å². The van der Waals surface area contributed by atoms with E-state index in [9.17, 15) is 18.8 Å². The molecule has 8 heteroatoms. The number of para-hydroxylation sites is 1. The lowest BCUT2D eigenvalue weighted by atomic mass is 9.96. The van der Waals surface area contributed by atoms with Gasteiger partial charge in [-0.05, 0) is 18.2 Å². The second-order valence-electron chi connectivity index (χ2n) is 7.18. The van der Waals surface area contributed by atoms with Crippen LogP contribution in [0.15, 0.2) is 48.5 Å². The maximum absolute atomic E-state index is 14.0. The number of amides is 2. The average Bonchev–Trinajstić information content (AvgIpc) is 3.11. The average molecular weight is 412 g/mol. The summed E-state index contributed by atoms with van der Waals surface area (Å²) < 4.78 is 24.6. The third kappa shape index (κ3) is 3.04. The second-order valence-corrected chi connectivity index (χ2v) is 7.18. The fourth-order valence-electron chi connectivity index (χ4n) is 4.11. The van der Waals surface area contributed by atoms with Gasteiger partial charge >= 0.3 is 5.97 Å². The molecule has 0 N–H and O–H groups in total. The first-order chi connectivity index (χ1) is 14.5. The third-order valence-corrected chi connectivity index (χ3v) is 5.54. The van der Waals surface area contributed by atoms with E-state index in [1.165, 1.54) is 29.0 Å². The molecule has 2 aliphatic heterocycles. The van der Waals surface area contributed by atoms with Gasteiger partial charge in [0, 0.05) is 32.1 Å². The number of rotatable bonds is 6. The molecule has 7 nitrogen and oxygen atoms in total. The molecule has 0 spiro atoms. The molecule has 0 radical (unpaired) electrons. The summed E-state index contributed by atoms with van der Waals surface area (Å²) in [5.41, 5.74) is -0.696. The highest BCUT2D eigenvalue weighted by Crippen LogP contribution is 2.45. The number of benzene rings is 2. The van der Waals surface area contributed by atoms with Gasteiger partial charge in [0.2, 0.25) is 11.6 Å². The van der Waals surface area contributed by atoms with Gasteiger partial charge in [0.05, 0.1) is 17.9 Å². The van der Waals surface area contributed by atoms with Crippen LogP contribution in [0.25, 0.3) is 0 Å². The molecule has 1 atom stereocenters. The van der Waals surface area contributed by atoms with Crippen molar-refractivity contribution < 1.29 is 28.2 Å². The van der Waals surface area contributed by atoms with Gasteiger partial charge in [-0.2, -0.15) is 0 Å². The Labute approximate surface area is 173 Å². The highest BCUT2D eigenvalue weighted by molar-refractivity contribution is 6.15. The van der Waals surface area contributed by atoms with E-state index in [0.29, 0.717) is 11.3 Å². The van der Waals surface area contributed by atoms with Gasteiger partial charge in [-0.1, -0.05) is 30.3 Å². The molecule has 1 fully saturated rings. The number of carbonyl (C=O) groups is 3. The SMILES string of the molecule is COCCN1C(=O)c2ccccc2N2C(=O)CCC12C(=O)OCc1ccccc1F. The zero-order valence-corrected chi connectivity index (χ0v) is 16.5. The van der Waals surface area contributed by atoms with Crippen molar-refractivity contribution in [2.45, 2.75) is 25.1 Å². The van der Waals surface area contributed by atoms with Crippen molar-refractivity contribution in [3.8, 4) is 0 Å². The molecule has 30 heavy (non-hydrogen) atoms. The molecule has 2 heterocycles. The molecule has 2 aromatic carbocycles. The maximum atomic E-state index is 14.0. The molecule has 4 rings (SSSR count). The maximum Gasteiger partial charge on any atom is 0.354 e. The number of esters is 1. The minimum Gasteiger partial charge on any atom is -0.458 e. The summed E-state index contributed by atoms with van der Waals surface area (Å²) >= 11 is 0. The van der Waals surface area contributed by atoms with Crippen LogP contribution < -0.4 is 4.90 Å². The van der Waals surface area contributed by atoms with Gasteiger partial charge < -0.3 is 14.4 Å². The van der Waals surface area contributed by atoms with E-state index in [2.05, 4.69) is 0 Å². The molecule has 0 bridgehead atoms. The summed E-state index contributed by atoms with van der Waals surface area (Å²) in [6, 6.07) is 12.6. The van der Waals surface area contributed by atoms with Crippen molar-refractivity contribution in [1.82, 2.24) is 4.90 Å². The first-order valence-corrected chi connectivity index (χ1v) is 9.64. The Bertz CT molecular complexity index is 1010. The van der Waals surface area contributed by atoms with E-state index in [0.717, 1.165) is 0 Å². The Morgan fingerprint density at radius 3 is 2.63 bits per heavy atom. The molecule has 1 saturated heterocycles. The predicted octanol–water partition coefficient (Wildman–Crippen LogP) is 2.49. The van der Waals surface area contributed by atoms with E-state index in [1.54, 1.807) is 36.4 Å². The van der Waals surface area contributed by atoms with E-state index < -0.39 is 17.4 Å². The molecule has 1 unspecified atom stereocenters. The fourth-order valence-corrected chi connectivity index (χ4v) is 4.11. The van der Waals surface area contributed by atoms with Crippen LogP contribution in [0.1, 0.15) is 28.8 Å². The summed E-state index contributed by atoms with van der Waals surface area (Å²) in [5.74, 6) is -1.92. The summed E-state index contributed by atoms with van der Waals surface area (Å²) in [6.45, 7) is -0.0240. The monoisotopic (exact) mass is 412 g/mol. The van der Waals surface area contributed by atoms with Crippen LogP contribution >= 0.6 is 0 Å². The van der Waals surface area contributed by atoms with Crippen LogP contribution in [0.5, 0.6) is 0 Å². The van der Waals surface area contributed by atoms with Crippen molar-refractivity contribution in [1.29, 1.82) is 0 Å². The number of hydrogen-bond acceptors (Lipinski definition) is 5. The molecule has 0 aliphatic carbocycles. The van der Waals surface area contributed by atoms with Crippen LogP contribution in [0.3, 0.4) is 0 Å². The van der Waals surface area contributed by atoms with Crippen molar-refractivity contribution >= 4 is 23.5 Å². The third-order valence-electron chi connectivity index (χ3n) is 5.54. The van der Waals surface area contributed by atoms with Gasteiger partial charge in [0.25, 0.3) is 5.91 Å². The first-order valence-electron chi connectivity index (χ1n) is 9.64. The second kappa shape index (κ2) is 7.87. The molecule has 2 amide bonds. The van der Waals surface area contributed by atoms with E-state index in [-0.39, 0.29) is 50.0 Å². The molecular formula is C22H21FN2O5. The minimum atomic E-state index is -1.62. The fraction of sp³-hybridized carbons (Fsp3) is 0.318. The Kier molecular flexibility index (Phi) is 5.26. The van der Waals surface area contributed by atoms with Crippen molar-refractivity contribution in [3.05, 3.63) is 65.5 Å². The Balaban J connectivity index is 1.74. The number of nitrogens with zero attached hydrogens (tertiary/aromatic N) is 2. The minimum absolute atomic E-state index is 0.0832. The van der Waals surface area contributed by atoms with Gasteiger partial charge in [0.15, 0.2) is 0 Å². The van der Waals surface area contributed by atoms with Crippen LogP contribution in [0.2, 0.25) is 0 Å². The smallest absolute Gasteiger partial charge is 0.354 e. The standard InChI is InChI=1S/C22H21FN2O5/c1-29-13-12-24-20(27)16-7-3-5-9-18(16)25-19(26)10-11-22(24,25)21(28)30-14-15-6-2-4-8-17(15)23/h2-9H,10-14H2,1H3. The van der Waals surface area contributed by atoms with Crippen LogP contribution in [-0.2, 0) is 25.7 Å². The molecule has 2 aliphatic rings.